The van der Waals surface area contributed by atoms with Crippen LogP contribution < -0.4 is 10.6 Å². The number of para-hydroxylation sites is 1. The molecule has 0 saturated heterocycles. The number of anilines is 1. The molecule has 0 saturated carbocycles. The molecule has 0 bridgehead atoms. The van der Waals surface area contributed by atoms with E-state index in [2.05, 4.69) is 10.6 Å². The lowest BCUT2D eigenvalue weighted by Gasteiger charge is -2.11. The fraction of sp³-hybridized carbons (Fsp3) is 0.286. The van der Waals surface area contributed by atoms with Gasteiger partial charge in [0.15, 0.2) is 6.61 Å². The first-order chi connectivity index (χ1) is 13.0. The summed E-state index contributed by atoms with van der Waals surface area (Å²) in [5.41, 5.74) is 1.43. The predicted molar refractivity (Wildman–Crippen MR) is 103 cm³/mol. The summed E-state index contributed by atoms with van der Waals surface area (Å²) in [6.07, 6.45) is 0.196. The molecule has 142 valence electrons. The van der Waals surface area contributed by atoms with Crippen LogP contribution in [0.1, 0.15) is 29.8 Å². The van der Waals surface area contributed by atoms with Crippen molar-refractivity contribution in [3.8, 4) is 0 Å². The maximum Gasteiger partial charge on any atom is 0.340 e. The third kappa shape index (κ3) is 6.93. The van der Waals surface area contributed by atoms with Gasteiger partial charge in [-0.15, -0.1) is 0 Å². The lowest BCUT2D eigenvalue weighted by atomic mass is 10.1. The van der Waals surface area contributed by atoms with Crippen molar-refractivity contribution in [2.75, 3.05) is 18.5 Å². The Morgan fingerprint density at radius 3 is 2.30 bits per heavy atom. The Labute approximate surface area is 158 Å². The summed E-state index contributed by atoms with van der Waals surface area (Å²) in [5, 5.41) is 5.40. The number of nitrogens with one attached hydrogen (secondary N) is 2. The zero-order chi connectivity index (χ0) is 19.6. The lowest BCUT2D eigenvalue weighted by Crippen LogP contribution is -2.31. The number of esters is 1. The van der Waals surface area contributed by atoms with E-state index in [4.69, 9.17) is 4.74 Å². The first-order valence-electron chi connectivity index (χ1n) is 8.82. The van der Waals surface area contributed by atoms with Crippen molar-refractivity contribution >= 4 is 23.5 Å². The normalized spacial score (nSPS) is 10.3. The highest BCUT2D eigenvalue weighted by Gasteiger charge is 2.16. The molecule has 0 aliphatic carbocycles. The molecule has 0 atom stereocenters. The van der Waals surface area contributed by atoms with Crippen LogP contribution in [0.2, 0.25) is 0 Å². The highest BCUT2D eigenvalue weighted by molar-refractivity contribution is 6.02. The molecular weight excluding hydrogens is 344 g/mol. The molecule has 0 fully saturated rings. The molecule has 0 heterocycles. The largest absolute Gasteiger partial charge is 0.452 e. The van der Waals surface area contributed by atoms with Crippen molar-refractivity contribution < 1.29 is 19.1 Å². The van der Waals surface area contributed by atoms with E-state index < -0.39 is 5.97 Å². The summed E-state index contributed by atoms with van der Waals surface area (Å²) in [6.45, 7) is 4.10. The second-order valence-electron chi connectivity index (χ2n) is 6.53. The average molecular weight is 368 g/mol. The van der Waals surface area contributed by atoms with E-state index in [1.807, 2.05) is 44.2 Å². The van der Waals surface area contributed by atoms with Gasteiger partial charge < -0.3 is 15.4 Å². The fourth-order valence-corrected chi connectivity index (χ4v) is 2.32. The highest BCUT2D eigenvalue weighted by Crippen LogP contribution is 2.17. The molecule has 6 heteroatoms. The Kier molecular flexibility index (Phi) is 7.55. The zero-order valence-electron chi connectivity index (χ0n) is 15.5. The van der Waals surface area contributed by atoms with Crippen molar-refractivity contribution in [1.29, 1.82) is 0 Å². The highest BCUT2D eigenvalue weighted by atomic mass is 16.5. The van der Waals surface area contributed by atoms with Crippen LogP contribution in [0.5, 0.6) is 0 Å². The van der Waals surface area contributed by atoms with E-state index in [0.29, 0.717) is 18.2 Å². The minimum Gasteiger partial charge on any atom is -0.452 e. The Hall–Kier alpha value is -3.15. The Bertz CT molecular complexity index is 788. The van der Waals surface area contributed by atoms with E-state index in [1.165, 1.54) is 0 Å². The smallest absolute Gasteiger partial charge is 0.340 e. The van der Waals surface area contributed by atoms with Crippen LogP contribution in [0, 0.1) is 5.92 Å². The van der Waals surface area contributed by atoms with Gasteiger partial charge in [-0.1, -0.05) is 56.3 Å². The van der Waals surface area contributed by atoms with Crippen molar-refractivity contribution in [1.82, 2.24) is 5.32 Å². The van der Waals surface area contributed by atoms with Gasteiger partial charge in [0.1, 0.15) is 0 Å². The molecule has 2 amide bonds. The summed E-state index contributed by atoms with van der Waals surface area (Å²) >= 11 is 0. The molecule has 2 aromatic carbocycles. The van der Waals surface area contributed by atoms with Crippen LogP contribution in [-0.2, 0) is 20.7 Å². The monoisotopic (exact) mass is 368 g/mol. The third-order valence-corrected chi connectivity index (χ3v) is 3.67. The molecule has 6 nitrogen and oxygen atoms in total. The summed E-state index contributed by atoms with van der Waals surface area (Å²) in [7, 11) is 0. The Morgan fingerprint density at radius 1 is 0.926 bits per heavy atom. The van der Waals surface area contributed by atoms with Crippen molar-refractivity contribution in [3.05, 3.63) is 65.7 Å². The number of hydrogen-bond donors (Lipinski definition) is 2. The maximum absolute atomic E-state index is 12.3. The van der Waals surface area contributed by atoms with Gasteiger partial charge in [-0.2, -0.15) is 0 Å². The van der Waals surface area contributed by atoms with Crippen LogP contribution in [0.3, 0.4) is 0 Å². The molecule has 27 heavy (non-hydrogen) atoms. The van der Waals surface area contributed by atoms with Gasteiger partial charge in [0.05, 0.1) is 17.7 Å². The number of hydrogen-bond acceptors (Lipinski definition) is 4. The molecule has 2 aromatic rings. The van der Waals surface area contributed by atoms with Gasteiger partial charge in [-0.25, -0.2) is 4.79 Å². The molecule has 0 aromatic heterocycles. The van der Waals surface area contributed by atoms with Gasteiger partial charge in [-0.05, 0) is 23.6 Å². The molecule has 2 rings (SSSR count). The standard InChI is InChI=1S/C21H24N2O4/c1-15(2)13-22-20(25)14-27-21(26)17-10-6-7-11-18(17)23-19(24)12-16-8-4-3-5-9-16/h3-11,15H,12-14H2,1-2H3,(H,22,25)(H,23,24). The van der Waals surface area contributed by atoms with Crippen LogP contribution in [0.25, 0.3) is 0 Å². The Morgan fingerprint density at radius 2 is 1.59 bits per heavy atom. The van der Waals surface area contributed by atoms with Gasteiger partial charge in [0, 0.05) is 6.54 Å². The van der Waals surface area contributed by atoms with Crippen molar-refractivity contribution in [2.45, 2.75) is 20.3 Å². The minimum atomic E-state index is -0.662. The van der Waals surface area contributed by atoms with E-state index in [1.54, 1.807) is 24.3 Å². The van der Waals surface area contributed by atoms with Gasteiger partial charge in [-0.3, -0.25) is 9.59 Å². The molecule has 0 spiro atoms. The molecule has 0 aliphatic rings. The predicted octanol–water partition coefficient (Wildman–Crippen LogP) is 2.80. The minimum absolute atomic E-state index is 0.196. The molecule has 0 aliphatic heterocycles. The number of benzene rings is 2. The van der Waals surface area contributed by atoms with Gasteiger partial charge >= 0.3 is 5.97 Å². The number of amides is 2. The maximum atomic E-state index is 12.3. The number of carbonyl (C=O) groups is 3. The topological polar surface area (TPSA) is 84.5 Å². The lowest BCUT2D eigenvalue weighted by molar-refractivity contribution is -0.124. The van der Waals surface area contributed by atoms with Gasteiger partial charge in [0.2, 0.25) is 5.91 Å². The van der Waals surface area contributed by atoms with Crippen LogP contribution >= 0.6 is 0 Å². The molecule has 2 N–H and O–H groups in total. The van der Waals surface area contributed by atoms with E-state index in [0.717, 1.165) is 5.56 Å². The number of ether oxygens (including phenoxy) is 1. The van der Waals surface area contributed by atoms with E-state index >= 15 is 0 Å². The van der Waals surface area contributed by atoms with E-state index in [9.17, 15) is 14.4 Å². The summed E-state index contributed by atoms with van der Waals surface area (Å²) in [4.78, 5) is 36.2. The third-order valence-electron chi connectivity index (χ3n) is 3.67. The van der Waals surface area contributed by atoms with Crippen LogP contribution in [-0.4, -0.2) is 30.9 Å². The molecule has 0 unspecified atom stereocenters. The average Bonchev–Trinajstić information content (AvgIpc) is 2.65. The van der Waals surface area contributed by atoms with Crippen LogP contribution in [0.4, 0.5) is 5.69 Å². The van der Waals surface area contributed by atoms with E-state index in [-0.39, 0.29) is 30.4 Å². The molecule has 0 radical (unpaired) electrons. The van der Waals surface area contributed by atoms with Gasteiger partial charge in [0.25, 0.3) is 5.91 Å². The fourth-order valence-electron chi connectivity index (χ4n) is 2.32. The number of rotatable bonds is 8. The Balaban J connectivity index is 1.95. The summed E-state index contributed by atoms with van der Waals surface area (Å²) in [6, 6.07) is 15.9. The summed E-state index contributed by atoms with van der Waals surface area (Å²) in [5.74, 6) is -0.950. The second-order valence-corrected chi connectivity index (χ2v) is 6.53. The summed E-state index contributed by atoms with van der Waals surface area (Å²) < 4.78 is 5.06. The van der Waals surface area contributed by atoms with Crippen LogP contribution in [0.15, 0.2) is 54.6 Å². The van der Waals surface area contributed by atoms with Crippen molar-refractivity contribution in [3.63, 3.8) is 0 Å². The first kappa shape index (κ1) is 20.2. The number of carbonyl (C=O) groups excluding carboxylic acids is 3. The zero-order valence-corrected chi connectivity index (χ0v) is 15.5. The SMILES string of the molecule is CC(C)CNC(=O)COC(=O)c1ccccc1NC(=O)Cc1ccccc1. The quantitative estimate of drug-likeness (QED) is 0.702. The van der Waals surface area contributed by atoms with Crippen molar-refractivity contribution in [2.24, 2.45) is 5.92 Å². The first-order valence-corrected chi connectivity index (χ1v) is 8.82. The molecular formula is C21H24N2O4. The second kappa shape index (κ2) is 10.1.